The van der Waals surface area contributed by atoms with Crippen molar-refractivity contribution < 1.29 is 19.2 Å². The van der Waals surface area contributed by atoms with Crippen LogP contribution in [0.2, 0.25) is 0 Å². The predicted molar refractivity (Wildman–Crippen MR) is 57.0 cm³/mol. The van der Waals surface area contributed by atoms with Crippen LogP contribution in [-0.2, 0) is 14.5 Å². The fourth-order valence-electron chi connectivity index (χ4n) is 1.49. The Balaban J connectivity index is 2.77. The summed E-state index contributed by atoms with van der Waals surface area (Å²) in [6.07, 6.45) is 0.242. The maximum atomic E-state index is 11.4. The molecule has 0 aliphatic carbocycles. The summed E-state index contributed by atoms with van der Waals surface area (Å²) in [5.41, 5.74) is 5.35. The van der Waals surface area contributed by atoms with Gasteiger partial charge in [-0.3, -0.25) is 4.21 Å². The van der Waals surface area contributed by atoms with Crippen LogP contribution >= 0.6 is 0 Å². The van der Waals surface area contributed by atoms with Crippen molar-refractivity contribution in [3.05, 3.63) is 0 Å². The minimum absolute atomic E-state index is 0.137. The zero-order chi connectivity index (χ0) is 11.6. The van der Waals surface area contributed by atoms with Gasteiger partial charge in [0.15, 0.2) is 0 Å². The molecule has 4 N–H and O–H groups in total. The van der Waals surface area contributed by atoms with Crippen molar-refractivity contribution >= 4 is 9.73 Å². The number of aliphatic hydroxyl groups is 2. The van der Waals surface area contributed by atoms with Gasteiger partial charge in [0.05, 0.1) is 12.7 Å². The molecule has 1 aliphatic heterocycles. The van der Waals surface area contributed by atoms with E-state index in [-0.39, 0.29) is 13.2 Å². The van der Waals surface area contributed by atoms with Crippen LogP contribution < -0.4 is 5.73 Å². The lowest BCUT2D eigenvalue weighted by atomic mass is 9.99. The summed E-state index contributed by atoms with van der Waals surface area (Å²) < 4.78 is 20.6. The summed E-state index contributed by atoms with van der Waals surface area (Å²) in [7, 11) is -2.31. The molecule has 15 heavy (non-hydrogen) atoms. The van der Waals surface area contributed by atoms with E-state index in [1.54, 1.807) is 0 Å². The van der Waals surface area contributed by atoms with E-state index in [0.717, 1.165) is 0 Å². The van der Waals surface area contributed by atoms with Gasteiger partial charge >= 0.3 is 0 Å². The van der Waals surface area contributed by atoms with Crippen LogP contribution in [0.25, 0.3) is 0 Å². The first-order chi connectivity index (χ1) is 6.85. The average Bonchev–Trinajstić information content (AvgIpc) is 2.11. The molecule has 6 nitrogen and oxygen atoms in total. The highest BCUT2D eigenvalue weighted by Gasteiger charge is 2.37. The molecule has 1 fully saturated rings. The molecule has 0 bridgehead atoms. The van der Waals surface area contributed by atoms with E-state index in [9.17, 15) is 14.4 Å². The molecule has 1 aliphatic rings. The van der Waals surface area contributed by atoms with Crippen molar-refractivity contribution in [1.29, 1.82) is 0 Å². The minimum Gasteiger partial charge on any atom is -0.388 e. The first-order valence-electron chi connectivity index (χ1n) is 4.69. The van der Waals surface area contributed by atoms with Gasteiger partial charge in [-0.15, -0.1) is 0 Å². The van der Waals surface area contributed by atoms with E-state index in [2.05, 4.69) is 4.36 Å². The number of nitrogens with two attached hydrogens (primary N) is 1. The van der Waals surface area contributed by atoms with Gasteiger partial charge in [0.25, 0.3) is 0 Å². The van der Waals surface area contributed by atoms with Gasteiger partial charge in [-0.05, 0) is 0 Å². The third-order valence-corrected chi connectivity index (χ3v) is 3.01. The molecule has 0 radical (unpaired) electrons. The summed E-state index contributed by atoms with van der Waals surface area (Å²) >= 11 is 0. The van der Waals surface area contributed by atoms with E-state index in [1.165, 1.54) is 12.5 Å². The van der Waals surface area contributed by atoms with E-state index in [0.29, 0.717) is 0 Å². The molecular weight excluding hydrogens is 220 g/mol. The number of nitrogens with zero attached hydrogens (tertiary/aromatic N) is 1. The Hall–Kier alpha value is -0.210. The quantitative estimate of drug-likeness (QED) is 0.524. The third-order valence-electron chi connectivity index (χ3n) is 2.23. The Bertz CT molecular complexity index is 319. The van der Waals surface area contributed by atoms with Gasteiger partial charge in [0.1, 0.15) is 18.2 Å². The molecule has 7 heteroatoms. The SMILES string of the molecule is CS(C)(=O)=N[C@H]1COC(CN)[C@H](O)[C@@H]1O. The predicted octanol–water partition coefficient (Wildman–Crippen LogP) is -1.84. The Labute approximate surface area is 89.6 Å². The number of aliphatic hydroxyl groups excluding tert-OH is 2. The zero-order valence-electron chi connectivity index (χ0n) is 8.87. The van der Waals surface area contributed by atoms with Crippen LogP contribution in [0.15, 0.2) is 4.36 Å². The first-order valence-corrected chi connectivity index (χ1v) is 7.02. The minimum atomic E-state index is -2.31. The van der Waals surface area contributed by atoms with Crippen LogP contribution in [-0.4, -0.2) is 64.4 Å². The summed E-state index contributed by atoms with van der Waals surface area (Å²) in [6.45, 7) is 0.275. The molecule has 1 rings (SSSR count). The van der Waals surface area contributed by atoms with Crippen LogP contribution in [0.4, 0.5) is 0 Å². The second-order valence-electron chi connectivity index (χ2n) is 3.94. The van der Waals surface area contributed by atoms with Crippen molar-refractivity contribution in [1.82, 2.24) is 0 Å². The lowest BCUT2D eigenvalue weighted by Gasteiger charge is -2.35. The van der Waals surface area contributed by atoms with Crippen molar-refractivity contribution in [3.8, 4) is 0 Å². The van der Waals surface area contributed by atoms with Crippen LogP contribution in [0.5, 0.6) is 0 Å². The standard InChI is InChI=1S/C8H18N2O4S/c1-15(2,13)10-5-4-14-6(3-9)8(12)7(5)11/h5-8,11-12H,3-4,9H2,1-2H3/t5-,6?,7+,8-/m0/s1. The smallest absolute Gasteiger partial charge is 0.111 e. The van der Waals surface area contributed by atoms with Crippen LogP contribution in [0, 0.1) is 0 Å². The van der Waals surface area contributed by atoms with Crippen molar-refractivity contribution in [2.75, 3.05) is 25.7 Å². The zero-order valence-corrected chi connectivity index (χ0v) is 9.68. The largest absolute Gasteiger partial charge is 0.388 e. The summed E-state index contributed by atoms with van der Waals surface area (Å²) in [6, 6.07) is -0.648. The fraction of sp³-hybridized carbons (Fsp3) is 1.00. The van der Waals surface area contributed by atoms with E-state index in [1.807, 2.05) is 0 Å². The Morgan fingerprint density at radius 1 is 1.47 bits per heavy atom. The molecule has 1 saturated heterocycles. The lowest BCUT2D eigenvalue weighted by molar-refractivity contribution is -0.139. The molecule has 0 aromatic heterocycles. The molecule has 4 atom stereocenters. The first kappa shape index (κ1) is 12.9. The highest BCUT2D eigenvalue weighted by Crippen LogP contribution is 2.18. The van der Waals surface area contributed by atoms with Gasteiger partial charge < -0.3 is 20.7 Å². The molecule has 1 heterocycles. The van der Waals surface area contributed by atoms with E-state index >= 15 is 0 Å². The van der Waals surface area contributed by atoms with Gasteiger partial charge in [-0.25, -0.2) is 4.36 Å². The normalized spacial score (nSPS) is 37.7. The summed E-state index contributed by atoms with van der Waals surface area (Å²) in [5.74, 6) is 0. The summed E-state index contributed by atoms with van der Waals surface area (Å²) in [4.78, 5) is 0. The average molecular weight is 238 g/mol. The number of hydrogen-bond acceptors (Lipinski definition) is 6. The van der Waals surface area contributed by atoms with E-state index < -0.39 is 34.1 Å². The van der Waals surface area contributed by atoms with Crippen molar-refractivity contribution in [3.63, 3.8) is 0 Å². The number of hydrogen-bond donors (Lipinski definition) is 3. The highest BCUT2D eigenvalue weighted by molar-refractivity contribution is 7.92. The fourth-order valence-corrected chi connectivity index (χ4v) is 2.33. The molecule has 0 saturated carbocycles. The van der Waals surface area contributed by atoms with Crippen molar-refractivity contribution in [2.24, 2.45) is 10.1 Å². The summed E-state index contributed by atoms with van der Waals surface area (Å²) in [5, 5.41) is 19.3. The molecule has 0 aromatic rings. The van der Waals surface area contributed by atoms with Gasteiger partial charge in [0, 0.05) is 28.8 Å². The molecule has 0 aromatic carbocycles. The molecule has 0 spiro atoms. The third kappa shape index (κ3) is 3.39. The lowest BCUT2D eigenvalue weighted by Crippen LogP contribution is -2.54. The highest BCUT2D eigenvalue weighted by atomic mass is 32.2. The van der Waals surface area contributed by atoms with Gasteiger partial charge in [-0.2, -0.15) is 0 Å². The second kappa shape index (κ2) is 4.75. The molecular formula is C8H18N2O4S. The second-order valence-corrected chi connectivity index (χ2v) is 6.52. The molecule has 1 unspecified atom stereocenters. The molecule has 0 amide bonds. The Kier molecular flexibility index (Phi) is 4.07. The number of rotatable bonds is 2. The Morgan fingerprint density at radius 3 is 2.53 bits per heavy atom. The van der Waals surface area contributed by atoms with Crippen LogP contribution in [0.3, 0.4) is 0 Å². The topological polar surface area (TPSA) is 105 Å². The van der Waals surface area contributed by atoms with E-state index in [4.69, 9.17) is 10.5 Å². The number of ether oxygens (including phenoxy) is 1. The van der Waals surface area contributed by atoms with Crippen LogP contribution in [0.1, 0.15) is 0 Å². The van der Waals surface area contributed by atoms with Gasteiger partial charge in [-0.1, -0.05) is 0 Å². The maximum absolute atomic E-state index is 11.4. The maximum Gasteiger partial charge on any atom is 0.111 e. The van der Waals surface area contributed by atoms with Gasteiger partial charge in [0.2, 0.25) is 0 Å². The monoisotopic (exact) mass is 238 g/mol. The molecule has 90 valence electrons. The van der Waals surface area contributed by atoms with Crippen molar-refractivity contribution in [2.45, 2.75) is 24.4 Å². The Morgan fingerprint density at radius 2 is 2.07 bits per heavy atom.